The van der Waals surface area contributed by atoms with Crippen molar-refractivity contribution in [2.45, 2.75) is 19.8 Å². The van der Waals surface area contributed by atoms with E-state index in [0.717, 1.165) is 23.2 Å². The number of carbonyl (C=O) groups excluding carboxylic acids is 3. The molecule has 3 rings (SSSR count). The Bertz CT molecular complexity index is 1030. The van der Waals surface area contributed by atoms with E-state index in [-0.39, 0.29) is 24.7 Å². The molecule has 0 N–H and O–H groups in total. The van der Waals surface area contributed by atoms with Crippen LogP contribution < -0.4 is 14.4 Å². The van der Waals surface area contributed by atoms with Gasteiger partial charge in [-0.15, -0.1) is 0 Å². The lowest BCUT2D eigenvalue weighted by molar-refractivity contribution is -0.136. The number of hydrogen-bond donors (Lipinski definition) is 0. The average molecular weight is 423 g/mol. The van der Waals surface area contributed by atoms with Gasteiger partial charge in [0.25, 0.3) is 0 Å². The van der Waals surface area contributed by atoms with Crippen molar-refractivity contribution in [2.75, 3.05) is 32.3 Å². The quantitative estimate of drug-likeness (QED) is 0.349. The fourth-order valence-electron chi connectivity index (χ4n) is 3.20. The summed E-state index contributed by atoms with van der Waals surface area (Å²) in [6.07, 6.45) is 3.98. The maximum atomic E-state index is 12.4. The number of fused-ring (bicyclic) bond motifs is 1. The molecule has 162 valence electrons. The number of carbonyl (C=O) groups is 3. The first-order chi connectivity index (χ1) is 14.9. The van der Waals surface area contributed by atoms with Crippen LogP contribution in [0.15, 0.2) is 42.5 Å². The molecule has 0 saturated heterocycles. The van der Waals surface area contributed by atoms with Crippen molar-refractivity contribution in [3.05, 3.63) is 59.2 Å². The van der Waals surface area contributed by atoms with Gasteiger partial charge in [0.2, 0.25) is 5.91 Å². The minimum absolute atomic E-state index is 0.0160. The van der Waals surface area contributed by atoms with Gasteiger partial charge in [0.1, 0.15) is 0 Å². The molecule has 7 nitrogen and oxygen atoms in total. The lowest BCUT2D eigenvalue weighted by Gasteiger charge is -2.10. The highest BCUT2D eigenvalue weighted by Gasteiger charge is 2.24. The summed E-state index contributed by atoms with van der Waals surface area (Å²) in [4.78, 5) is 37.7. The molecule has 0 unspecified atom stereocenters. The van der Waals surface area contributed by atoms with Crippen molar-refractivity contribution in [3.8, 4) is 11.5 Å². The van der Waals surface area contributed by atoms with Crippen LogP contribution in [0.4, 0.5) is 5.69 Å². The zero-order valence-corrected chi connectivity index (χ0v) is 17.8. The van der Waals surface area contributed by atoms with Gasteiger partial charge in [0, 0.05) is 24.4 Å². The number of ether oxygens (including phenoxy) is 3. The molecule has 0 atom stereocenters. The second kappa shape index (κ2) is 9.93. The Kier molecular flexibility index (Phi) is 7.07. The van der Waals surface area contributed by atoms with Gasteiger partial charge in [0.05, 0.1) is 20.1 Å². The van der Waals surface area contributed by atoms with Crippen molar-refractivity contribution in [3.63, 3.8) is 0 Å². The molecule has 2 aromatic rings. The molecule has 2 aromatic carbocycles. The van der Waals surface area contributed by atoms with Gasteiger partial charge in [-0.2, -0.15) is 0 Å². The molecule has 0 aromatic heterocycles. The SMILES string of the molecule is CCCOc1ccc(/C=C/C(=O)OCC(=O)c2ccc3c(c2)CC(=O)N3C)cc1OC. The van der Waals surface area contributed by atoms with Crippen molar-refractivity contribution < 1.29 is 28.6 Å². The molecule has 7 heteroatoms. The maximum Gasteiger partial charge on any atom is 0.331 e. The summed E-state index contributed by atoms with van der Waals surface area (Å²) in [7, 11) is 3.25. The molecule has 0 fully saturated rings. The highest BCUT2D eigenvalue weighted by molar-refractivity contribution is 6.04. The zero-order chi connectivity index (χ0) is 22.4. The number of amides is 1. The van der Waals surface area contributed by atoms with E-state index in [4.69, 9.17) is 14.2 Å². The fraction of sp³-hybridized carbons (Fsp3) is 0.292. The largest absolute Gasteiger partial charge is 0.493 e. The monoisotopic (exact) mass is 423 g/mol. The van der Waals surface area contributed by atoms with Gasteiger partial charge in [-0.05, 0) is 54.0 Å². The molecular weight excluding hydrogens is 398 g/mol. The summed E-state index contributed by atoms with van der Waals surface area (Å²) in [5, 5.41) is 0. The molecule has 1 heterocycles. The van der Waals surface area contributed by atoms with Crippen LogP contribution in [0.1, 0.15) is 34.8 Å². The number of hydrogen-bond acceptors (Lipinski definition) is 6. The predicted octanol–water partition coefficient (Wildman–Crippen LogP) is 3.44. The van der Waals surface area contributed by atoms with Crippen molar-refractivity contribution in [1.29, 1.82) is 0 Å². The van der Waals surface area contributed by atoms with E-state index in [2.05, 4.69) is 0 Å². The predicted molar refractivity (Wildman–Crippen MR) is 117 cm³/mol. The van der Waals surface area contributed by atoms with Crippen molar-refractivity contribution in [2.24, 2.45) is 0 Å². The molecule has 0 radical (unpaired) electrons. The maximum absolute atomic E-state index is 12.4. The number of anilines is 1. The van der Waals surface area contributed by atoms with Gasteiger partial charge >= 0.3 is 5.97 Å². The molecule has 1 aliphatic heterocycles. The summed E-state index contributed by atoms with van der Waals surface area (Å²) in [6, 6.07) is 10.4. The highest BCUT2D eigenvalue weighted by atomic mass is 16.5. The number of ketones is 1. The van der Waals surface area contributed by atoms with Crippen LogP contribution in [-0.4, -0.2) is 45.0 Å². The van der Waals surface area contributed by atoms with Gasteiger partial charge in [-0.1, -0.05) is 13.0 Å². The summed E-state index contributed by atoms with van der Waals surface area (Å²) in [5.41, 5.74) is 2.73. The number of likely N-dealkylation sites (N-methyl/N-ethyl adjacent to an activating group) is 1. The molecule has 0 saturated carbocycles. The number of benzene rings is 2. The first-order valence-corrected chi connectivity index (χ1v) is 10.0. The Morgan fingerprint density at radius 1 is 1.13 bits per heavy atom. The van der Waals surface area contributed by atoms with Crippen LogP contribution in [0.5, 0.6) is 11.5 Å². The number of Topliss-reactive ketones (excluding diaryl/α,β-unsaturated/α-hetero) is 1. The average Bonchev–Trinajstić information content (AvgIpc) is 3.07. The Morgan fingerprint density at radius 2 is 1.94 bits per heavy atom. The van der Waals surface area contributed by atoms with E-state index in [1.807, 2.05) is 6.92 Å². The second-order valence-corrected chi connectivity index (χ2v) is 7.10. The topological polar surface area (TPSA) is 82.1 Å². The molecule has 0 aliphatic carbocycles. The number of esters is 1. The van der Waals surface area contributed by atoms with Gasteiger partial charge in [0.15, 0.2) is 23.9 Å². The third kappa shape index (κ3) is 5.31. The van der Waals surface area contributed by atoms with E-state index in [9.17, 15) is 14.4 Å². The zero-order valence-electron chi connectivity index (χ0n) is 17.8. The lowest BCUT2D eigenvalue weighted by atomic mass is 10.1. The number of rotatable bonds is 9. The summed E-state index contributed by atoms with van der Waals surface area (Å²) >= 11 is 0. The second-order valence-electron chi connectivity index (χ2n) is 7.10. The molecule has 1 aliphatic rings. The fourth-order valence-corrected chi connectivity index (χ4v) is 3.20. The van der Waals surface area contributed by atoms with E-state index < -0.39 is 5.97 Å². The van der Waals surface area contributed by atoms with Gasteiger partial charge in [-0.3, -0.25) is 9.59 Å². The summed E-state index contributed by atoms with van der Waals surface area (Å²) in [5.74, 6) is 0.231. The van der Waals surface area contributed by atoms with Crippen LogP contribution in [0.2, 0.25) is 0 Å². The standard InChI is InChI=1S/C24H25NO6/c1-4-11-30-21-9-5-16(12-22(21)29-3)6-10-24(28)31-15-20(26)17-7-8-19-18(13-17)14-23(27)25(19)2/h5-10,12-13H,4,11,14-15H2,1-3H3/b10-6+. The first-order valence-electron chi connectivity index (χ1n) is 10.0. The summed E-state index contributed by atoms with van der Waals surface area (Å²) in [6.45, 7) is 2.23. The Hall–Kier alpha value is -3.61. The molecule has 31 heavy (non-hydrogen) atoms. The van der Waals surface area contributed by atoms with E-state index in [0.29, 0.717) is 23.7 Å². The Morgan fingerprint density at radius 3 is 2.68 bits per heavy atom. The van der Waals surface area contributed by atoms with Gasteiger partial charge in [-0.25, -0.2) is 4.79 Å². The van der Waals surface area contributed by atoms with Gasteiger partial charge < -0.3 is 19.1 Å². The molecule has 0 spiro atoms. The smallest absolute Gasteiger partial charge is 0.331 e. The normalized spacial score (nSPS) is 12.7. The summed E-state index contributed by atoms with van der Waals surface area (Å²) < 4.78 is 16.0. The van der Waals surface area contributed by atoms with Crippen molar-refractivity contribution in [1.82, 2.24) is 0 Å². The van der Waals surface area contributed by atoms with E-state index in [1.54, 1.807) is 61.5 Å². The molecule has 0 bridgehead atoms. The Balaban J connectivity index is 1.56. The van der Waals surface area contributed by atoms with Crippen LogP contribution in [0, 0.1) is 0 Å². The van der Waals surface area contributed by atoms with Crippen molar-refractivity contribution >= 4 is 29.4 Å². The lowest BCUT2D eigenvalue weighted by Crippen LogP contribution is -2.20. The Labute approximate surface area is 181 Å². The molecular formula is C24H25NO6. The first kappa shape index (κ1) is 22.1. The van der Waals surface area contributed by atoms with Crippen LogP contribution in [-0.2, 0) is 20.7 Å². The van der Waals surface area contributed by atoms with Crippen LogP contribution in [0.25, 0.3) is 6.08 Å². The molecule has 1 amide bonds. The minimum Gasteiger partial charge on any atom is -0.493 e. The number of methoxy groups -OCH3 is 1. The minimum atomic E-state index is -0.630. The van der Waals surface area contributed by atoms with E-state index in [1.165, 1.54) is 6.08 Å². The highest BCUT2D eigenvalue weighted by Crippen LogP contribution is 2.29. The number of nitrogens with zero attached hydrogens (tertiary/aromatic N) is 1. The van der Waals surface area contributed by atoms with Crippen LogP contribution >= 0.6 is 0 Å². The van der Waals surface area contributed by atoms with E-state index >= 15 is 0 Å². The third-order valence-electron chi connectivity index (χ3n) is 4.89. The third-order valence-corrected chi connectivity index (χ3v) is 4.89. The van der Waals surface area contributed by atoms with Crippen LogP contribution in [0.3, 0.4) is 0 Å².